The molecule has 0 N–H and O–H groups in total. The minimum Gasteiger partial charge on any atom is -0.298 e. The fraction of sp³-hybridized carbons (Fsp3) is 1.00. The average Bonchev–Trinajstić information content (AvgIpc) is 1.88. The highest BCUT2D eigenvalue weighted by molar-refractivity contribution is 7.13. The zero-order chi connectivity index (χ0) is 7.56. The molecule has 0 aromatic heterocycles. The van der Waals surface area contributed by atoms with Crippen LogP contribution in [0.25, 0.3) is 0 Å². The summed E-state index contributed by atoms with van der Waals surface area (Å²) in [5.74, 6) is 0. The van der Waals surface area contributed by atoms with Gasteiger partial charge in [0.2, 0.25) is 0 Å². The molecule has 1 heterocycles. The van der Waals surface area contributed by atoms with Crippen LogP contribution in [0.15, 0.2) is 0 Å². The molecule has 0 aromatic rings. The van der Waals surface area contributed by atoms with Crippen LogP contribution in [0.2, 0.25) is 0 Å². The molecule has 0 radical (unpaired) electrons. The highest BCUT2D eigenvalue weighted by atomic mass is 31.0. The third-order valence-corrected chi connectivity index (χ3v) is 2.60. The van der Waals surface area contributed by atoms with Crippen LogP contribution >= 0.6 is 9.39 Å². The van der Waals surface area contributed by atoms with Crippen molar-refractivity contribution >= 4 is 9.39 Å². The van der Waals surface area contributed by atoms with Gasteiger partial charge in [-0.3, -0.25) is 9.57 Å². The van der Waals surface area contributed by atoms with Crippen LogP contribution in [0.3, 0.4) is 0 Å². The normalized spacial score (nSPS) is 24.0. The maximum absolute atomic E-state index is 2.76. The Morgan fingerprint density at radius 1 is 1.10 bits per heavy atom. The zero-order valence-electron chi connectivity index (χ0n) is 6.88. The van der Waals surface area contributed by atoms with Crippen LogP contribution in [0.4, 0.5) is 0 Å². The lowest BCUT2D eigenvalue weighted by molar-refractivity contribution is 0.159. The van der Waals surface area contributed by atoms with Crippen molar-refractivity contribution in [1.29, 1.82) is 0 Å². The van der Waals surface area contributed by atoms with Gasteiger partial charge in [0, 0.05) is 32.2 Å². The molecule has 1 unspecified atom stereocenters. The van der Waals surface area contributed by atoms with E-state index in [9.17, 15) is 0 Å². The van der Waals surface area contributed by atoms with E-state index >= 15 is 0 Å². The number of hydrogen-bond acceptors (Lipinski definition) is 2. The summed E-state index contributed by atoms with van der Waals surface area (Å²) in [6.07, 6.45) is 0. The monoisotopic (exact) mass is 160 g/mol. The second-order valence-corrected chi connectivity index (χ2v) is 3.90. The minimum atomic E-state index is 0.721. The molecule has 0 aliphatic carbocycles. The van der Waals surface area contributed by atoms with Gasteiger partial charge in [0.1, 0.15) is 0 Å². The summed E-state index contributed by atoms with van der Waals surface area (Å²) < 4.78 is 2.30. The van der Waals surface area contributed by atoms with Crippen molar-refractivity contribution in [2.24, 2.45) is 0 Å². The molecule has 2 nitrogen and oxygen atoms in total. The van der Waals surface area contributed by atoms with E-state index < -0.39 is 0 Å². The van der Waals surface area contributed by atoms with Crippen molar-refractivity contribution in [3.8, 4) is 0 Å². The van der Waals surface area contributed by atoms with E-state index in [2.05, 4.69) is 32.8 Å². The van der Waals surface area contributed by atoms with Crippen molar-refractivity contribution in [1.82, 2.24) is 9.57 Å². The first-order valence-corrected chi connectivity index (χ1v) is 4.45. The molecular formula is C7H17N2P. The van der Waals surface area contributed by atoms with E-state index in [1.807, 2.05) is 0 Å². The molecule has 0 aromatic carbocycles. The van der Waals surface area contributed by atoms with Crippen molar-refractivity contribution in [3.63, 3.8) is 0 Å². The summed E-state index contributed by atoms with van der Waals surface area (Å²) in [6.45, 7) is 9.37. The Hall–Kier alpha value is 0.350. The van der Waals surface area contributed by atoms with Gasteiger partial charge in [-0.25, -0.2) is 0 Å². The van der Waals surface area contributed by atoms with Gasteiger partial charge < -0.3 is 0 Å². The summed E-state index contributed by atoms with van der Waals surface area (Å²) in [5, 5.41) is 0. The summed E-state index contributed by atoms with van der Waals surface area (Å²) in [7, 11) is 2.76. The minimum absolute atomic E-state index is 0.721. The standard InChI is InChI=1S/C7H17N2P/c1-7(2)8-3-5-9(10)6-4-8/h7H,3-6,10H2,1-2H3. The van der Waals surface area contributed by atoms with Gasteiger partial charge in [0.05, 0.1) is 0 Å². The Labute approximate surface area is 65.8 Å². The Bertz CT molecular complexity index is 97.8. The van der Waals surface area contributed by atoms with Crippen LogP contribution in [0.5, 0.6) is 0 Å². The van der Waals surface area contributed by atoms with Gasteiger partial charge in [-0.15, -0.1) is 0 Å². The second kappa shape index (κ2) is 3.66. The smallest absolute Gasteiger partial charge is 0.0145 e. The maximum atomic E-state index is 2.76. The predicted molar refractivity (Wildman–Crippen MR) is 48.0 cm³/mol. The fourth-order valence-corrected chi connectivity index (χ4v) is 1.48. The molecule has 10 heavy (non-hydrogen) atoms. The van der Waals surface area contributed by atoms with Crippen LogP contribution in [-0.4, -0.2) is 41.8 Å². The Balaban J connectivity index is 2.26. The van der Waals surface area contributed by atoms with Crippen LogP contribution in [-0.2, 0) is 0 Å². The zero-order valence-corrected chi connectivity index (χ0v) is 8.03. The van der Waals surface area contributed by atoms with Crippen molar-refractivity contribution in [2.45, 2.75) is 19.9 Å². The molecule has 1 aliphatic heterocycles. The molecule has 1 rings (SSSR count). The van der Waals surface area contributed by atoms with Gasteiger partial charge in [0.25, 0.3) is 0 Å². The SMILES string of the molecule is CC(C)N1CCN(P)CC1. The molecular weight excluding hydrogens is 143 g/mol. The Morgan fingerprint density at radius 3 is 2.00 bits per heavy atom. The highest BCUT2D eigenvalue weighted by Gasteiger charge is 2.15. The third-order valence-electron chi connectivity index (χ3n) is 2.08. The van der Waals surface area contributed by atoms with Gasteiger partial charge in [0.15, 0.2) is 0 Å². The molecule has 0 bridgehead atoms. The van der Waals surface area contributed by atoms with Gasteiger partial charge >= 0.3 is 0 Å². The molecule has 3 heteroatoms. The van der Waals surface area contributed by atoms with Gasteiger partial charge in [-0.1, -0.05) is 9.39 Å². The fourth-order valence-electron chi connectivity index (χ4n) is 1.25. The van der Waals surface area contributed by atoms with Crippen molar-refractivity contribution in [2.75, 3.05) is 26.2 Å². The van der Waals surface area contributed by atoms with E-state index in [1.54, 1.807) is 0 Å². The van der Waals surface area contributed by atoms with Gasteiger partial charge in [-0.2, -0.15) is 0 Å². The summed E-state index contributed by atoms with van der Waals surface area (Å²) in [6, 6.07) is 0.721. The molecule has 1 aliphatic rings. The average molecular weight is 160 g/mol. The van der Waals surface area contributed by atoms with Crippen molar-refractivity contribution < 1.29 is 0 Å². The first-order valence-electron chi connectivity index (χ1n) is 3.94. The van der Waals surface area contributed by atoms with E-state index in [0.29, 0.717) is 0 Å². The molecule has 1 atom stereocenters. The highest BCUT2D eigenvalue weighted by Crippen LogP contribution is 2.08. The molecule has 0 amide bonds. The quantitative estimate of drug-likeness (QED) is 0.523. The molecule has 0 spiro atoms. The Kier molecular flexibility index (Phi) is 3.09. The van der Waals surface area contributed by atoms with E-state index in [0.717, 1.165) is 6.04 Å². The number of rotatable bonds is 1. The molecule has 60 valence electrons. The third kappa shape index (κ3) is 2.19. The molecule has 1 saturated heterocycles. The number of piperazine rings is 1. The first-order chi connectivity index (χ1) is 4.70. The predicted octanol–water partition coefficient (Wildman–Crippen LogP) is 0.802. The van der Waals surface area contributed by atoms with E-state index in [1.165, 1.54) is 26.2 Å². The lowest BCUT2D eigenvalue weighted by Gasteiger charge is -2.34. The number of hydrogen-bond donors (Lipinski definition) is 0. The molecule has 1 fully saturated rings. The molecule has 0 saturated carbocycles. The lowest BCUT2D eigenvalue weighted by atomic mass is 10.3. The summed E-state index contributed by atoms with van der Waals surface area (Å²) in [5.41, 5.74) is 0. The Morgan fingerprint density at radius 2 is 1.60 bits per heavy atom. The largest absolute Gasteiger partial charge is 0.298 e. The number of nitrogens with zero attached hydrogens (tertiary/aromatic N) is 2. The maximum Gasteiger partial charge on any atom is 0.0145 e. The van der Waals surface area contributed by atoms with Gasteiger partial charge in [-0.05, 0) is 13.8 Å². The van der Waals surface area contributed by atoms with Crippen LogP contribution in [0.1, 0.15) is 13.8 Å². The summed E-state index contributed by atoms with van der Waals surface area (Å²) >= 11 is 0. The lowest BCUT2D eigenvalue weighted by Crippen LogP contribution is -2.45. The second-order valence-electron chi connectivity index (χ2n) is 3.17. The van der Waals surface area contributed by atoms with E-state index in [4.69, 9.17) is 0 Å². The summed E-state index contributed by atoms with van der Waals surface area (Å²) in [4.78, 5) is 2.51. The van der Waals surface area contributed by atoms with E-state index in [-0.39, 0.29) is 0 Å². The van der Waals surface area contributed by atoms with Crippen molar-refractivity contribution in [3.05, 3.63) is 0 Å². The van der Waals surface area contributed by atoms with Crippen LogP contribution in [0, 0.1) is 0 Å². The van der Waals surface area contributed by atoms with Crippen LogP contribution < -0.4 is 0 Å². The first kappa shape index (κ1) is 8.45. The topological polar surface area (TPSA) is 6.48 Å².